The van der Waals surface area contributed by atoms with Crippen molar-refractivity contribution in [2.75, 3.05) is 0 Å². The zero-order valence-corrected chi connectivity index (χ0v) is 12.5. The Labute approximate surface area is 122 Å². The molecule has 108 valence electrons. The van der Waals surface area contributed by atoms with Gasteiger partial charge in [0, 0.05) is 16.2 Å². The van der Waals surface area contributed by atoms with Crippen molar-refractivity contribution in [3.8, 4) is 12.3 Å². The van der Waals surface area contributed by atoms with E-state index in [0.29, 0.717) is 0 Å². The van der Waals surface area contributed by atoms with Gasteiger partial charge in [-0.3, -0.25) is 0 Å². The highest BCUT2D eigenvalue weighted by molar-refractivity contribution is 7.12. The van der Waals surface area contributed by atoms with E-state index in [4.69, 9.17) is 11.5 Å². The van der Waals surface area contributed by atoms with Crippen LogP contribution in [-0.2, 0) is 4.79 Å². The van der Waals surface area contributed by atoms with Crippen molar-refractivity contribution >= 4 is 23.3 Å². The van der Waals surface area contributed by atoms with E-state index in [1.807, 2.05) is 26.8 Å². The minimum absolute atomic E-state index is 0.0479. The van der Waals surface area contributed by atoms with Gasteiger partial charge in [0.2, 0.25) is 0 Å². The summed E-state index contributed by atoms with van der Waals surface area (Å²) in [7, 11) is 0. The number of urea groups is 1. The van der Waals surface area contributed by atoms with E-state index in [9.17, 15) is 9.59 Å². The molecule has 0 bridgehead atoms. The quantitative estimate of drug-likeness (QED) is 0.728. The Balaban J connectivity index is 2.64. The maximum atomic E-state index is 11.8. The first-order valence-electron chi connectivity index (χ1n) is 6.15. The fourth-order valence-corrected chi connectivity index (χ4v) is 2.90. The first kappa shape index (κ1) is 16.1. The van der Waals surface area contributed by atoms with Crippen molar-refractivity contribution in [3.05, 3.63) is 21.4 Å². The van der Waals surface area contributed by atoms with E-state index in [2.05, 4.69) is 16.6 Å². The molecule has 2 amide bonds. The van der Waals surface area contributed by atoms with Gasteiger partial charge in [0.1, 0.15) is 6.04 Å². The zero-order valence-electron chi connectivity index (χ0n) is 11.7. The molecule has 2 unspecified atom stereocenters. The molecular weight excluding hydrogens is 276 g/mol. The first-order chi connectivity index (χ1) is 9.35. The van der Waals surface area contributed by atoms with Crippen LogP contribution in [0.5, 0.6) is 0 Å². The second kappa shape index (κ2) is 6.96. The monoisotopic (exact) mass is 294 g/mol. The van der Waals surface area contributed by atoms with Crippen LogP contribution in [0.2, 0.25) is 0 Å². The number of terminal acetylenes is 1. The molecule has 3 N–H and O–H groups in total. The lowest BCUT2D eigenvalue weighted by Gasteiger charge is -2.17. The molecule has 0 radical (unpaired) electrons. The topological polar surface area (TPSA) is 78.4 Å². The second-order valence-corrected chi connectivity index (χ2v) is 5.97. The number of rotatable bonds is 5. The minimum atomic E-state index is -1.15. The third-order valence-electron chi connectivity index (χ3n) is 2.82. The van der Waals surface area contributed by atoms with Gasteiger partial charge in [0.25, 0.3) is 0 Å². The third-order valence-corrected chi connectivity index (χ3v) is 3.80. The summed E-state index contributed by atoms with van der Waals surface area (Å²) in [6.45, 7) is 5.84. The van der Waals surface area contributed by atoms with E-state index in [1.54, 1.807) is 11.3 Å². The number of hydrogen-bond donors (Lipinski definition) is 3. The highest BCUT2D eigenvalue weighted by Gasteiger charge is 2.20. The summed E-state index contributed by atoms with van der Waals surface area (Å²) in [5, 5.41) is 14.0. The lowest BCUT2D eigenvalue weighted by atomic mass is 10.1. The smallest absolute Gasteiger partial charge is 0.327 e. The van der Waals surface area contributed by atoms with Crippen LogP contribution >= 0.6 is 11.3 Å². The maximum Gasteiger partial charge on any atom is 0.327 e. The molecule has 0 saturated heterocycles. The molecule has 0 aliphatic heterocycles. The van der Waals surface area contributed by atoms with Crippen LogP contribution < -0.4 is 10.6 Å². The number of carboxylic acid groups (broad SMARTS) is 1. The van der Waals surface area contributed by atoms with E-state index in [0.717, 1.165) is 10.4 Å². The molecule has 6 heteroatoms. The van der Waals surface area contributed by atoms with Gasteiger partial charge in [-0.1, -0.05) is 0 Å². The highest BCUT2D eigenvalue weighted by Crippen LogP contribution is 2.25. The number of thiophene rings is 1. The van der Waals surface area contributed by atoms with Crippen molar-refractivity contribution in [3.63, 3.8) is 0 Å². The molecule has 0 fully saturated rings. The Morgan fingerprint density at radius 1 is 1.45 bits per heavy atom. The van der Waals surface area contributed by atoms with Crippen molar-refractivity contribution in [2.45, 2.75) is 39.3 Å². The summed E-state index contributed by atoms with van der Waals surface area (Å²) in [5.74, 6) is 1.09. The molecule has 1 aromatic heterocycles. The fourth-order valence-electron chi connectivity index (χ4n) is 1.87. The molecule has 2 atom stereocenters. The zero-order chi connectivity index (χ0) is 15.3. The average molecular weight is 294 g/mol. The summed E-state index contributed by atoms with van der Waals surface area (Å²) >= 11 is 1.66. The summed E-state index contributed by atoms with van der Waals surface area (Å²) in [6.07, 6.45) is 5.03. The largest absolute Gasteiger partial charge is 0.480 e. The van der Waals surface area contributed by atoms with Crippen LogP contribution in [0, 0.1) is 26.2 Å². The molecular formula is C14H18N2O3S. The summed E-state index contributed by atoms with van der Waals surface area (Å²) in [5.41, 5.74) is 1.03. The SMILES string of the molecule is C#CCC(NC(=O)NC(C)c1cc(C)sc1C)C(=O)O. The van der Waals surface area contributed by atoms with Gasteiger partial charge < -0.3 is 15.7 Å². The number of carboxylic acids is 1. The number of hydrogen-bond acceptors (Lipinski definition) is 3. The van der Waals surface area contributed by atoms with Gasteiger partial charge in [0.05, 0.1) is 6.04 Å². The number of aryl methyl sites for hydroxylation is 2. The van der Waals surface area contributed by atoms with Crippen LogP contribution in [0.4, 0.5) is 4.79 Å². The fraction of sp³-hybridized carbons (Fsp3) is 0.429. The summed E-state index contributed by atoms with van der Waals surface area (Å²) in [6, 6.07) is 0.210. The normalized spacial score (nSPS) is 13.1. The van der Waals surface area contributed by atoms with Gasteiger partial charge in [-0.2, -0.15) is 0 Å². The van der Waals surface area contributed by atoms with Gasteiger partial charge in [-0.25, -0.2) is 9.59 Å². The van der Waals surface area contributed by atoms with Crippen LogP contribution in [0.3, 0.4) is 0 Å². The third kappa shape index (κ3) is 4.28. The van der Waals surface area contributed by atoms with Crippen LogP contribution in [0.25, 0.3) is 0 Å². The van der Waals surface area contributed by atoms with E-state index in [-0.39, 0.29) is 12.5 Å². The van der Waals surface area contributed by atoms with E-state index < -0.39 is 18.0 Å². The van der Waals surface area contributed by atoms with Crippen molar-refractivity contribution in [2.24, 2.45) is 0 Å². The molecule has 0 aliphatic rings. The number of amides is 2. The molecule has 1 heterocycles. The number of carbonyl (C=O) groups is 2. The van der Waals surface area contributed by atoms with Gasteiger partial charge in [-0.05, 0) is 32.4 Å². The van der Waals surface area contributed by atoms with E-state index >= 15 is 0 Å². The molecule has 5 nitrogen and oxygen atoms in total. The van der Waals surface area contributed by atoms with Crippen molar-refractivity contribution < 1.29 is 14.7 Å². The molecule has 1 rings (SSSR count). The molecule has 0 aliphatic carbocycles. The van der Waals surface area contributed by atoms with Crippen molar-refractivity contribution in [1.29, 1.82) is 0 Å². The van der Waals surface area contributed by atoms with Gasteiger partial charge in [0.15, 0.2) is 0 Å². The molecule has 0 aromatic carbocycles. The van der Waals surface area contributed by atoms with Crippen molar-refractivity contribution in [1.82, 2.24) is 10.6 Å². The number of aliphatic carboxylic acids is 1. The van der Waals surface area contributed by atoms with Gasteiger partial charge >= 0.3 is 12.0 Å². The van der Waals surface area contributed by atoms with Crippen LogP contribution in [0.15, 0.2) is 6.07 Å². The molecule has 0 spiro atoms. The molecule has 1 aromatic rings. The standard InChI is InChI=1S/C14H18N2O3S/c1-5-6-12(13(17)18)16-14(19)15-9(3)11-7-8(2)20-10(11)4/h1,7,9,12H,6H2,2-4H3,(H,17,18)(H2,15,16,19). The highest BCUT2D eigenvalue weighted by atomic mass is 32.1. The Bertz CT molecular complexity index is 545. The second-order valence-electron chi connectivity index (χ2n) is 4.51. The Morgan fingerprint density at radius 2 is 2.10 bits per heavy atom. The summed E-state index contributed by atoms with van der Waals surface area (Å²) in [4.78, 5) is 25.0. The van der Waals surface area contributed by atoms with Gasteiger partial charge in [-0.15, -0.1) is 23.7 Å². The first-order valence-corrected chi connectivity index (χ1v) is 6.97. The molecule has 20 heavy (non-hydrogen) atoms. The Morgan fingerprint density at radius 3 is 2.55 bits per heavy atom. The number of carbonyl (C=O) groups excluding carboxylic acids is 1. The Hall–Kier alpha value is -2.00. The minimum Gasteiger partial charge on any atom is -0.480 e. The lowest BCUT2D eigenvalue weighted by molar-refractivity contribution is -0.139. The Kier molecular flexibility index (Phi) is 5.59. The summed E-state index contributed by atoms with van der Waals surface area (Å²) < 4.78 is 0. The maximum absolute atomic E-state index is 11.8. The lowest BCUT2D eigenvalue weighted by Crippen LogP contribution is -2.46. The predicted octanol–water partition coefficient (Wildman–Crippen LogP) is 2.20. The average Bonchev–Trinajstić information content (AvgIpc) is 2.67. The molecule has 0 saturated carbocycles. The van der Waals surface area contributed by atoms with Crippen LogP contribution in [-0.4, -0.2) is 23.1 Å². The predicted molar refractivity (Wildman–Crippen MR) is 78.7 cm³/mol. The number of nitrogens with one attached hydrogen (secondary N) is 2. The van der Waals surface area contributed by atoms with Crippen LogP contribution in [0.1, 0.15) is 34.7 Å². The van der Waals surface area contributed by atoms with E-state index in [1.165, 1.54) is 4.88 Å².